The summed E-state index contributed by atoms with van der Waals surface area (Å²) in [5.74, 6) is 0.925. The molecular weight excluding hydrogens is 433 g/mol. The first kappa shape index (κ1) is 17.4. The van der Waals surface area contributed by atoms with Crippen molar-refractivity contribution in [1.82, 2.24) is 4.90 Å². The standard InChI is InChI=1S/C15H10INO5S/c1-2-5-17-14(20)12(23-15(17)21)7-9-3-4-11(10(16)6-9)22-8-13(18)19/h1,3-4,6-7H,5,8H2,(H,18,19)/p-1/b12-7-. The highest BCUT2D eigenvalue weighted by Crippen LogP contribution is 2.32. The molecule has 0 saturated carbocycles. The number of thioether (sulfide) groups is 1. The Labute approximate surface area is 150 Å². The highest BCUT2D eigenvalue weighted by Gasteiger charge is 2.34. The number of ether oxygens (including phenoxy) is 1. The molecule has 2 rings (SSSR count). The number of hydrogen-bond donors (Lipinski definition) is 0. The SMILES string of the molecule is C#CCN1C(=O)S/C(=C\c2ccc(OCC(=O)[O-])c(I)c2)C1=O. The van der Waals surface area contributed by atoms with Crippen molar-refractivity contribution >= 4 is 57.5 Å². The highest BCUT2D eigenvalue weighted by molar-refractivity contribution is 14.1. The molecule has 1 aliphatic rings. The van der Waals surface area contributed by atoms with Gasteiger partial charge >= 0.3 is 0 Å². The molecule has 0 atom stereocenters. The molecule has 2 amide bonds. The van der Waals surface area contributed by atoms with Crippen LogP contribution in [-0.4, -0.2) is 35.2 Å². The zero-order chi connectivity index (χ0) is 17.0. The van der Waals surface area contributed by atoms with Gasteiger partial charge < -0.3 is 14.6 Å². The topological polar surface area (TPSA) is 86.7 Å². The van der Waals surface area contributed by atoms with E-state index in [1.165, 1.54) is 0 Å². The van der Waals surface area contributed by atoms with Crippen molar-refractivity contribution < 1.29 is 24.2 Å². The first-order valence-corrected chi connectivity index (χ1v) is 8.13. The monoisotopic (exact) mass is 442 g/mol. The molecule has 0 spiro atoms. The van der Waals surface area contributed by atoms with E-state index >= 15 is 0 Å². The summed E-state index contributed by atoms with van der Waals surface area (Å²) in [6.07, 6.45) is 6.71. The van der Waals surface area contributed by atoms with Gasteiger partial charge in [-0.05, 0) is 58.1 Å². The number of imide groups is 1. The van der Waals surface area contributed by atoms with Gasteiger partial charge in [-0.1, -0.05) is 12.0 Å². The number of nitrogens with zero attached hydrogens (tertiary/aromatic N) is 1. The van der Waals surface area contributed by atoms with Gasteiger partial charge in [-0.25, -0.2) is 0 Å². The minimum absolute atomic E-state index is 0.0600. The molecule has 0 N–H and O–H groups in total. The maximum atomic E-state index is 12.1. The van der Waals surface area contributed by atoms with E-state index in [1.807, 2.05) is 22.6 Å². The predicted molar refractivity (Wildman–Crippen MR) is 91.2 cm³/mol. The van der Waals surface area contributed by atoms with Crippen molar-refractivity contribution in [2.75, 3.05) is 13.2 Å². The average molecular weight is 442 g/mol. The molecule has 1 aromatic rings. The van der Waals surface area contributed by atoms with E-state index in [0.717, 1.165) is 16.7 Å². The predicted octanol–water partition coefficient (Wildman–Crippen LogP) is 1.09. The number of aliphatic carboxylic acids is 1. The third-order valence-corrected chi connectivity index (χ3v) is 4.47. The van der Waals surface area contributed by atoms with E-state index in [1.54, 1.807) is 24.3 Å². The van der Waals surface area contributed by atoms with E-state index in [2.05, 4.69) is 5.92 Å². The van der Waals surface area contributed by atoms with Gasteiger partial charge in [-0.15, -0.1) is 6.42 Å². The fourth-order valence-corrected chi connectivity index (χ4v) is 3.27. The molecule has 0 aliphatic carbocycles. The quantitative estimate of drug-likeness (QED) is 0.386. The number of carbonyl (C=O) groups excluding carboxylic acids is 3. The number of halogens is 1. The third-order valence-electron chi connectivity index (χ3n) is 2.72. The molecule has 1 fully saturated rings. The van der Waals surface area contributed by atoms with Crippen molar-refractivity contribution in [3.8, 4) is 18.1 Å². The van der Waals surface area contributed by atoms with Crippen LogP contribution in [0.25, 0.3) is 6.08 Å². The lowest BCUT2D eigenvalue weighted by Gasteiger charge is -2.09. The zero-order valence-corrected chi connectivity index (χ0v) is 14.5. The molecule has 0 radical (unpaired) electrons. The van der Waals surface area contributed by atoms with Crippen LogP contribution in [-0.2, 0) is 9.59 Å². The molecule has 8 heteroatoms. The Hall–Kier alpha value is -1.99. The first-order chi connectivity index (χ1) is 10.9. The van der Waals surface area contributed by atoms with Crippen LogP contribution in [0.2, 0.25) is 0 Å². The second-order valence-electron chi connectivity index (χ2n) is 4.32. The average Bonchev–Trinajstić information content (AvgIpc) is 2.74. The molecule has 23 heavy (non-hydrogen) atoms. The van der Waals surface area contributed by atoms with E-state index in [0.29, 0.717) is 14.9 Å². The Morgan fingerprint density at radius 2 is 2.22 bits per heavy atom. The van der Waals surface area contributed by atoms with Gasteiger partial charge in [-0.3, -0.25) is 14.5 Å². The summed E-state index contributed by atoms with van der Waals surface area (Å²) in [4.78, 5) is 35.4. The summed E-state index contributed by atoms with van der Waals surface area (Å²) in [7, 11) is 0. The summed E-state index contributed by atoms with van der Waals surface area (Å²) in [5, 5.41) is 9.99. The Morgan fingerprint density at radius 1 is 1.48 bits per heavy atom. The van der Waals surface area contributed by atoms with Gasteiger partial charge in [0.05, 0.1) is 21.0 Å². The highest BCUT2D eigenvalue weighted by atomic mass is 127. The summed E-state index contributed by atoms with van der Waals surface area (Å²) in [6.45, 7) is -0.601. The van der Waals surface area contributed by atoms with Crippen molar-refractivity contribution in [2.45, 2.75) is 0 Å². The van der Waals surface area contributed by atoms with Crippen molar-refractivity contribution in [2.24, 2.45) is 0 Å². The number of amides is 2. The Bertz CT molecular complexity index is 753. The summed E-state index contributed by atoms with van der Waals surface area (Å²) in [5.41, 5.74) is 0.682. The van der Waals surface area contributed by atoms with E-state index < -0.39 is 23.7 Å². The summed E-state index contributed by atoms with van der Waals surface area (Å²) < 4.78 is 5.73. The van der Waals surface area contributed by atoms with Crippen molar-refractivity contribution in [3.05, 3.63) is 32.2 Å². The van der Waals surface area contributed by atoms with E-state index in [4.69, 9.17) is 11.2 Å². The molecular formula is C15H9INO5S-. The normalized spacial score (nSPS) is 15.8. The Morgan fingerprint density at radius 3 is 2.83 bits per heavy atom. The van der Waals surface area contributed by atoms with E-state index in [9.17, 15) is 19.5 Å². The molecule has 118 valence electrons. The number of hydrogen-bond acceptors (Lipinski definition) is 6. The van der Waals surface area contributed by atoms with Crippen LogP contribution in [0.5, 0.6) is 5.75 Å². The number of carboxylic acids is 1. The fraction of sp³-hybridized carbons (Fsp3) is 0.133. The van der Waals surface area contributed by atoms with Crippen LogP contribution in [0.15, 0.2) is 23.1 Å². The van der Waals surface area contributed by atoms with Crippen molar-refractivity contribution in [1.29, 1.82) is 0 Å². The van der Waals surface area contributed by atoms with E-state index in [-0.39, 0.29) is 11.4 Å². The van der Waals surface area contributed by atoms with Crippen LogP contribution in [0.1, 0.15) is 5.56 Å². The van der Waals surface area contributed by atoms with Gasteiger partial charge in [0, 0.05) is 0 Å². The Kier molecular flexibility index (Phi) is 5.68. The molecule has 6 nitrogen and oxygen atoms in total. The lowest BCUT2D eigenvalue weighted by Crippen LogP contribution is -2.29. The maximum Gasteiger partial charge on any atom is 0.294 e. The van der Waals surface area contributed by atoms with Crippen molar-refractivity contribution in [3.63, 3.8) is 0 Å². The molecule has 0 unspecified atom stereocenters. The number of carbonyl (C=O) groups is 3. The molecule has 1 saturated heterocycles. The second-order valence-corrected chi connectivity index (χ2v) is 6.48. The van der Waals surface area contributed by atoms with Crippen LogP contribution < -0.4 is 9.84 Å². The second kappa shape index (κ2) is 7.52. The number of rotatable bonds is 5. The number of benzene rings is 1. The molecule has 1 heterocycles. The van der Waals surface area contributed by atoms with Crippen LogP contribution in [0, 0.1) is 15.9 Å². The minimum atomic E-state index is -1.31. The minimum Gasteiger partial charge on any atom is -0.546 e. The smallest absolute Gasteiger partial charge is 0.294 e. The third kappa shape index (κ3) is 4.27. The lowest BCUT2D eigenvalue weighted by atomic mass is 10.2. The van der Waals surface area contributed by atoms with Gasteiger partial charge in [-0.2, -0.15) is 0 Å². The maximum absolute atomic E-state index is 12.1. The van der Waals surface area contributed by atoms with Crippen LogP contribution in [0.4, 0.5) is 4.79 Å². The first-order valence-electron chi connectivity index (χ1n) is 6.23. The fourth-order valence-electron chi connectivity index (χ4n) is 1.74. The molecule has 1 aromatic carbocycles. The van der Waals surface area contributed by atoms with Crippen LogP contribution >= 0.6 is 34.4 Å². The molecule has 1 aliphatic heterocycles. The Balaban J connectivity index is 2.19. The van der Waals surface area contributed by atoms with Crippen LogP contribution in [0.3, 0.4) is 0 Å². The molecule has 0 bridgehead atoms. The lowest BCUT2D eigenvalue weighted by molar-refractivity contribution is -0.307. The number of carboxylic acid groups (broad SMARTS) is 1. The van der Waals surface area contributed by atoms with Gasteiger partial charge in [0.1, 0.15) is 12.4 Å². The number of terminal acetylenes is 1. The van der Waals surface area contributed by atoms with Gasteiger partial charge in [0.2, 0.25) is 0 Å². The zero-order valence-electron chi connectivity index (χ0n) is 11.6. The van der Waals surface area contributed by atoms with Gasteiger partial charge in [0.15, 0.2) is 0 Å². The largest absolute Gasteiger partial charge is 0.546 e. The summed E-state index contributed by atoms with van der Waals surface area (Å²) >= 11 is 2.81. The summed E-state index contributed by atoms with van der Waals surface area (Å²) in [6, 6.07) is 4.95. The van der Waals surface area contributed by atoms with Gasteiger partial charge in [0.25, 0.3) is 11.1 Å². The molecule has 0 aromatic heterocycles.